The summed E-state index contributed by atoms with van der Waals surface area (Å²) in [7, 11) is 0. The lowest BCUT2D eigenvalue weighted by atomic mass is 9.89. The molecule has 0 radical (unpaired) electrons. The highest BCUT2D eigenvalue weighted by molar-refractivity contribution is 6.17. The van der Waals surface area contributed by atoms with E-state index in [2.05, 4.69) is 5.32 Å². The third-order valence-corrected chi connectivity index (χ3v) is 2.75. The topological polar surface area (TPSA) is 49.4 Å². The fraction of sp³-hybridized carbons (Fsp3) is 0.333. The van der Waals surface area contributed by atoms with E-state index >= 15 is 0 Å². The fourth-order valence-corrected chi connectivity index (χ4v) is 1.67. The molecule has 90 valence electrons. The first-order valence-corrected chi connectivity index (χ1v) is 5.30. The molecule has 0 atom stereocenters. The van der Waals surface area contributed by atoms with Crippen LogP contribution in [-0.4, -0.2) is 18.5 Å². The molecule has 1 heterocycles. The molecule has 2 rings (SSSR count). The minimum absolute atomic E-state index is 0.284. The zero-order valence-electron chi connectivity index (χ0n) is 9.66. The first-order valence-electron chi connectivity index (χ1n) is 5.30. The van der Waals surface area contributed by atoms with Gasteiger partial charge >= 0.3 is 6.03 Å². The van der Waals surface area contributed by atoms with Crippen molar-refractivity contribution in [3.63, 3.8) is 0 Å². The summed E-state index contributed by atoms with van der Waals surface area (Å²) in [5, 5.41) is 2.64. The highest BCUT2D eigenvalue weighted by atomic mass is 19.1. The molecule has 1 N–H and O–H groups in total. The Morgan fingerprint density at radius 1 is 1.24 bits per heavy atom. The molecule has 1 saturated heterocycles. The number of hydrogen-bond acceptors (Lipinski definition) is 2. The van der Waals surface area contributed by atoms with Gasteiger partial charge in [-0.25, -0.2) is 14.1 Å². The molecule has 1 aliphatic rings. The standard InChI is InChI=1S/C12H13FN2O2/c1-12(2)7-14-11(17)15(10(12)16)9-5-3-8(13)4-6-9/h3-6H,7H2,1-2H3,(H,14,17). The Kier molecular flexibility index (Phi) is 2.61. The molecule has 3 amide bonds. The first-order chi connectivity index (χ1) is 7.92. The van der Waals surface area contributed by atoms with E-state index < -0.39 is 17.3 Å². The third kappa shape index (κ3) is 2.00. The van der Waals surface area contributed by atoms with E-state index in [1.54, 1.807) is 13.8 Å². The summed E-state index contributed by atoms with van der Waals surface area (Å²) in [6.07, 6.45) is 0. The van der Waals surface area contributed by atoms with Gasteiger partial charge in [-0.3, -0.25) is 4.79 Å². The predicted octanol–water partition coefficient (Wildman–Crippen LogP) is 1.91. The average Bonchev–Trinajstić information content (AvgIpc) is 2.28. The number of halogens is 1. The summed E-state index contributed by atoms with van der Waals surface area (Å²) in [5.74, 6) is -0.689. The van der Waals surface area contributed by atoms with Crippen LogP contribution < -0.4 is 10.2 Å². The second-order valence-corrected chi connectivity index (χ2v) is 4.66. The van der Waals surface area contributed by atoms with E-state index in [9.17, 15) is 14.0 Å². The highest BCUT2D eigenvalue weighted by Gasteiger charge is 2.40. The third-order valence-electron chi connectivity index (χ3n) is 2.75. The van der Waals surface area contributed by atoms with Gasteiger partial charge in [0.2, 0.25) is 5.91 Å². The Labute approximate surface area is 98.4 Å². The summed E-state index contributed by atoms with van der Waals surface area (Å²) in [6.45, 7) is 3.82. The Morgan fingerprint density at radius 2 is 1.82 bits per heavy atom. The smallest absolute Gasteiger partial charge is 0.328 e. The van der Waals surface area contributed by atoms with Crippen molar-refractivity contribution in [2.24, 2.45) is 5.41 Å². The van der Waals surface area contributed by atoms with Crippen LogP contribution in [0.5, 0.6) is 0 Å². The molecule has 0 aromatic heterocycles. The van der Waals surface area contributed by atoms with Crippen molar-refractivity contribution < 1.29 is 14.0 Å². The summed E-state index contributed by atoms with van der Waals surface area (Å²) in [4.78, 5) is 24.8. The number of carbonyl (C=O) groups excluding carboxylic acids is 2. The monoisotopic (exact) mass is 236 g/mol. The number of anilines is 1. The lowest BCUT2D eigenvalue weighted by molar-refractivity contribution is -0.126. The molecule has 1 aromatic carbocycles. The second kappa shape index (κ2) is 3.84. The van der Waals surface area contributed by atoms with Crippen molar-refractivity contribution >= 4 is 17.6 Å². The number of carbonyl (C=O) groups is 2. The molecule has 0 aliphatic carbocycles. The number of hydrogen-bond donors (Lipinski definition) is 1. The molecule has 0 unspecified atom stereocenters. The van der Waals surface area contributed by atoms with Crippen molar-refractivity contribution in [2.45, 2.75) is 13.8 Å². The Balaban J connectivity index is 2.38. The number of amides is 3. The molecule has 5 heteroatoms. The van der Waals surface area contributed by atoms with Crippen LogP contribution in [0.3, 0.4) is 0 Å². The highest BCUT2D eigenvalue weighted by Crippen LogP contribution is 2.26. The molecule has 0 spiro atoms. The number of nitrogens with zero attached hydrogens (tertiary/aromatic N) is 1. The lowest BCUT2D eigenvalue weighted by Crippen LogP contribution is -2.59. The number of nitrogens with one attached hydrogen (secondary N) is 1. The maximum absolute atomic E-state index is 12.8. The van der Waals surface area contributed by atoms with Gasteiger partial charge in [-0.1, -0.05) is 0 Å². The van der Waals surface area contributed by atoms with Crippen molar-refractivity contribution in [3.8, 4) is 0 Å². The zero-order valence-corrected chi connectivity index (χ0v) is 9.66. The molecule has 1 fully saturated rings. The van der Waals surface area contributed by atoms with E-state index in [-0.39, 0.29) is 5.91 Å². The van der Waals surface area contributed by atoms with Crippen molar-refractivity contribution in [1.82, 2.24) is 5.32 Å². The summed E-state index contributed by atoms with van der Waals surface area (Å²) >= 11 is 0. The summed E-state index contributed by atoms with van der Waals surface area (Å²) in [6, 6.07) is 4.79. The molecule has 4 nitrogen and oxygen atoms in total. The SMILES string of the molecule is CC1(C)CNC(=O)N(c2ccc(F)cc2)C1=O. The van der Waals surface area contributed by atoms with Crippen LogP contribution in [0.15, 0.2) is 24.3 Å². The molecule has 17 heavy (non-hydrogen) atoms. The quantitative estimate of drug-likeness (QED) is 0.809. The van der Waals surface area contributed by atoms with Gasteiger partial charge < -0.3 is 5.32 Å². The van der Waals surface area contributed by atoms with Gasteiger partial charge in [-0.2, -0.15) is 0 Å². The van der Waals surface area contributed by atoms with Crippen LogP contribution in [0.1, 0.15) is 13.8 Å². The van der Waals surface area contributed by atoms with Gasteiger partial charge in [-0.15, -0.1) is 0 Å². The van der Waals surface area contributed by atoms with Crippen LogP contribution in [0.4, 0.5) is 14.9 Å². The van der Waals surface area contributed by atoms with Gasteiger partial charge in [0.1, 0.15) is 5.82 Å². The van der Waals surface area contributed by atoms with Crippen LogP contribution >= 0.6 is 0 Å². The van der Waals surface area contributed by atoms with Crippen molar-refractivity contribution in [1.29, 1.82) is 0 Å². The summed E-state index contributed by atoms with van der Waals surface area (Å²) < 4.78 is 12.8. The zero-order chi connectivity index (χ0) is 12.6. The van der Waals surface area contributed by atoms with Gasteiger partial charge in [0, 0.05) is 6.54 Å². The number of urea groups is 1. The minimum atomic E-state index is -0.650. The number of rotatable bonds is 1. The van der Waals surface area contributed by atoms with Gasteiger partial charge in [0.25, 0.3) is 0 Å². The molecular weight excluding hydrogens is 223 g/mol. The molecular formula is C12H13FN2O2. The largest absolute Gasteiger partial charge is 0.336 e. The van der Waals surface area contributed by atoms with Crippen molar-refractivity contribution in [2.75, 3.05) is 11.4 Å². The lowest BCUT2D eigenvalue weighted by Gasteiger charge is -2.36. The molecule has 0 bridgehead atoms. The Hall–Kier alpha value is -1.91. The fourth-order valence-electron chi connectivity index (χ4n) is 1.67. The second-order valence-electron chi connectivity index (χ2n) is 4.66. The van der Waals surface area contributed by atoms with E-state index in [0.717, 1.165) is 4.90 Å². The van der Waals surface area contributed by atoms with Gasteiger partial charge in [-0.05, 0) is 38.1 Å². The van der Waals surface area contributed by atoms with Crippen LogP contribution in [0.25, 0.3) is 0 Å². The molecule has 1 aliphatic heterocycles. The Bertz CT molecular complexity index is 468. The molecule has 1 aromatic rings. The number of imide groups is 1. The summed E-state index contributed by atoms with van der Waals surface area (Å²) in [5.41, 5.74) is -0.274. The van der Waals surface area contributed by atoms with Crippen LogP contribution in [0, 0.1) is 11.2 Å². The van der Waals surface area contributed by atoms with E-state index in [4.69, 9.17) is 0 Å². The minimum Gasteiger partial charge on any atom is -0.336 e. The first kappa shape index (κ1) is 11.6. The van der Waals surface area contributed by atoms with Crippen LogP contribution in [-0.2, 0) is 4.79 Å². The van der Waals surface area contributed by atoms with E-state index in [1.165, 1.54) is 24.3 Å². The molecule has 0 saturated carbocycles. The maximum atomic E-state index is 12.8. The Morgan fingerprint density at radius 3 is 2.41 bits per heavy atom. The van der Waals surface area contributed by atoms with Crippen molar-refractivity contribution in [3.05, 3.63) is 30.1 Å². The van der Waals surface area contributed by atoms with E-state index in [1.807, 2.05) is 0 Å². The maximum Gasteiger partial charge on any atom is 0.328 e. The number of benzene rings is 1. The average molecular weight is 236 g/mol. The van der Waals surface area contributed by atoms with Gasteiger partial charge in [0.15, 0.2) is 0 Å². The van der Waals surface area contributed by atoms with Gasteiger partial charge in [0.05, 0.1) is 11.1 Å². The normalized spacial score (nSPS) is 19.1. The predicted molar refractivity (Wildman–Crippen MR) is 61.1 cm³/mol. The van der Waals surface area contributed by atoms with E-state index in [0.29, 0.717) is 12.2 Å². The van der Waals surface area contributed by atoms with Crippen LogP contribution in [0.2, 0.25) is 0 Å².